The van der Waals surface area contributed by atoms with Crippen LogP contribution in [0, 0.1) is 0 Å². The largest absolute Gasteiger partial charge is 0.340 e. The van der Waals surface area contributed by atoms with Crippen molar-refractivity contribution >= 4 is 35.2 Å². The molecule has 0 fully saturated rings. The number of amides is 2. The van der Waals surface area contributed by atoms with Gasteiger partial charge in [0.15, 0.2) is 0 Å². The fourth-order valence-corrected chi connectivity index (χ4v) is 3.24. The fourth-order valence-electron chi connectivity index (χ4n) is 2.55. The molecule has 0 aliphatic heterocycles. The van der Waals surface area contributed by atoms with Crippen LogP contribution in [-0.4, -0.2) is 51.6 Å². The molecule has 1 N–H and O–H groups in total. The van der Waals surface area contributed by atoms with Gasteiger partial charge < -0.3 is 10.2 Å². The lowest BCUT2D eigenvalue weighted by Crippen LogP contribution is -2.47. The molecule has 1 atom stereocenters. The van der Waals surface area contributed by atoms with Gasteiger partial charge in [-0.25, -0.2) is 0 Å². The molecule has 1 heterocycles. The minimum atomic E-state index is -0.604. The number of carbonyl (C=O) groups is 2. The number of likely N-dealkylation sites (N-methyl/N-ethyl adjacent to an activating group) is 1. The van der Waals surface area contributed by atoms with Gasteiger partial charge in [0.1, 0.15) is 6.04 Å². The van der Waals surface area contributed by atoms with E-state index < -0.39 is 6.04 Å². The summed E-state index contributed by atoms with van der Waals surface area (Å²) >= 11 is 7.72. The first-order valence-corrected chi connectivity index (χ1v) is 9.96. The van der Waals surface area contributed by atoms with Gasteiger partial charge >= 0.3 is 0 Å². The molecule has 0 spiro atoms. The summed E-state index contributed by atoms with van der Waals surface area (Å²) < 4.78 is 1.69. The van der Waals surface area contributed by atoms with Crippen molar-refractivity contribution < 1.29 is 9.59 Å². The third kappa shape index (κ3) is 5.51. The summed E-state index contributed by atoms with van der Waals surface area (Å²) in [5.74, 6) is 0.285. The molecular formula is C18H23ClN4O2S. The van der Waals surface area contributed by atoms with Gasteiger partial charge in [0.25, 0.3) is 5.91 Å². The summed E-state index contributed by atoms with van der Waals surface area (Å²) in [6, 6.07) is 6.20. The van der Waals surface area contributed by atoms with Gasteiger partial charge in [-0.15, -0.1) is 0 Å². The molecule has 6 nitrogen and oxygen atoms in total. The van der Waals surface area contributed by atoms with Crippen LogP contribution in [0.4, 0.5) is 0 Å². The Hall–Kier alpha value is -1.99. The number of carbonyl (C=O) groups excluding carboxylic acids is 2. The van der Waals surface area contributed by atoms with Crippen LogP contribution < -0.4 is 5.32 Å². The second-order valence-corrected chi connectivity index (χ2v) is 7.40. The van der Waals surface area contributed by atoms with Gasteiger partial charge in [0.05, 0.1) is 16.8 Å². The Morgan fingerprint density at radius 1 is 1.38 bits per heavy atom. The van der Waals surface area contributed by atoms with E-state index in [0.29, 0.717) is 23.6 Å². The van der Waals surface area contributed by atoms with E-state index in [0.717, 1.165) is 11.3 Å². The number of thioether (sulfide) groups is 1. The summed E-state index contributed by atoms with van der Waals surface area (Å²) in [4.78, 5) is 27.0. The average molecular weight is 395 g/mol. The first kappa shape index (κ1) is 20.3. The Labute approximate surface area is 162 Å². The highest BCUT2D eigenvalue weighted by Gasteiger charge is 2.25. The summed E-state index contributed by atoms with van der Waals surface area (Å²) in [5.41, 5.74) is 1.30. The van der Waals surface area contributed by atoms with Crippen molar-refractivity contribution in [1.29, 1.82) is 0 Å². The zero-order valence-corrected chi connectivity index (χ0v) is 16.7. The molecule has 1 unspecified atom stereocenters. The molecule has 2 aromatic rings. The third-order valence-electron chi connectivity index (χ3n) is 3.89. The molecule has 140 valence electrons. The molecule has 1 aromatic heterocycles. The van der Waals surface area contributed by atoms with E-state index in [9.17, 15) is 9.59 Å². The van der Waals surface area contributed by atoms with Gasteiger partial charge in [-0.1, -0.05) is 23.7 Å². The van der Waals surface area contributed by atoms with E-state index in [1.54, 1.807) is 58.9 Å². The lowest BCUT2D eigenvalue weighted by atomic mass is 10.1. The minimum absolute atomic E-state index is 0.136. The zero-order valence-electron chi connectivity index (χ0n) is 15.1. The number of rotatable bonds is 8. The van der Waals surface area contributed by atoms with Crippen LogP contribution in [0.15, 0.2) is 36.7 Å². The Morgan fingerprint density at radius 2 is 2.12 bits per heavy atom. The van der Waals surface area contributed by atoms with Crippen LogP contribution in [0.3, 0.4) is 0 Å². The third-order valence-corrected chi connectivity index (χ3v) is 4.86. The van der Waals surface area contributed by atoms with Crippen LogP contribution in [-0.2, 0) is 18.4 Å². The average Bonchev–Trinajstić information content (AvgIpc) is 3.02. The number of aryl methyl sites for hydroxylation is 1. The smallest absolute Gasteiger partial charge is 0.253 e. The molecule has 8 heteroatoms. The Kier molecular flexibility index (Phi) is 7.53. The number of aromatic nitrogens is 2. The van der Waals surface area contributed by atoms with E-state index in [-0.39, 0.29) is 11.8 Å². The topological polar surface area (TPSA) is 67.2 Å². The van der Waals surface area contributed by atoms with Gasteiger partial charge in [-0.3, -0.25) is 14.3 Å². The van der Waals surface area contributed by atoms with Gasteiger partial charge in [0.2, 0.25) is 5.91 Å². The summed E-state index contributed by atoms with van der Waals surface area (Å²) in [5, 5.41) is 7.31. The predicted octanol–water partition coefficient (Wildman–Crippen LogP) is 2.58. The normalized spacial score (nSPS) is 11.8. The summed E-state index contributed by atoms with van der Waals surface area (Å²) in [6.45, 7) is 0.435. The first-order valence-electron chi connectivity index (χ1n) is 8.19. The Balaban J connectivity index is 2.08. The van der Waals surface area contributed by atoms with Crippen LogP contribution in [0.25, 0.3) is 0 Å². The molecule has 2 amide bonds. The Morgan fingerprint density at radius 3 is 2.73 bits per heavy atom. The van der Waals surface area contributed by atoms with E-state index in [2.05, 4.69) is 10.4 Å². The van der Waals surface area contributed by atoms with Crippen molar-refractivity contribution in [2.75, 3.05) is 19.1 Å². The number of halogens is 1. The Bertz CT molecular complexity index is 765. The zero-order chi connectivity index (χ0) is 19.1. The van der Waals surface area contributed by atoms with Crippen LogP contribution in [0.2, 0.25) is 5.02 Å². The molecule has 0 saturated heterocycles. The molecule has 0 saturated carbocycles. The van der Waals surface area contributed by atoms with Gasteiger partial charge in [0, 0.05) is 32.4 Å². The maximum absolute atomic E-state index is 12.9. The number of nitrogens with zero attached hydrogens (tertiary/aromatic N) is 3. The standard InChI is InChI=1S/C18H23ClN4O2S/c1-22(11-13-10-20-23(2)12-13)18(25)16(8-9-26-3)21-17(24)14-6-4-5-7-15(14)19/h4-7,10,12,16H,8-9,11H2,1-3H3,(H,21,24). The maximum atomic E-state index is 12.9. The molecule has 2 rings (SSSR count). The first-order chi connectivity index (χ1) is 12.4. The van der Waals surface area contributed by atoms with E-state index in [1.807, 2.05) is 19.5 Å². The highest BCUT2D eigenvalue weighted by atomic mass is 35.5. The minimum Gasteiger partial charge on any atom is -0.340 e. The molecule has 26 heavy (non-hydrogen) atoms. The summed E-state index contributed by atoms with van der Waals surface area (Å²) in [6.07, 6.45) is 6.11. The number of hydrogen-bond donors (Lipinski definition) is 1. The van der Waals surface area contributed by atoms with Crippen LogP contribution >= 0.6 is 23.4 Å². The second-order valence-electron chi connectivity index (χ2n) is 6.00. The molecule has 0 aliphatic carbocycles. The van der Waals surface area contributed by atoms with E-state index >= 15 is 0 Å². The number of benzene rings is 1. The molecule has 0 aliphatic rings. The van der Waals surface area contributed by atoms with Crippen molar-refractivity contribution in [3.05, 3.63) is 52.8 Å². The quantitative estimate of drug-likeness (QED) is 0.747. The maximum Gasteiger partial charge on any atom is 0.253 e. The predicted molar refractivity (Wildman–Crippen MR) is 105 cm³/mol. The van der Waals surface area contributed by atoms with Crippen LogP contribution in [0.5, 0.6) is 0 Å². The van der Waals surface area contributed by atoms with E-state index in [4.69, 9.17) is 11.6 Å². The SMILES string of the molecule is CSCCC(NC(=O)c1ccccc1Cl)C(=O)N(C)Cc1cnn(C)c1. The van der Waals surface area contributed by atoms with Gasteiger partial charge in [-0.2, -0.15) is 16.9 Å². The fraction of sp³-hybridized carbons (Fsp3) is 0.389. The lowest BCUT2D eigenvalue weighted by Gasteiger charge is -2.24. The molecule has 1 aromatic carbocycles. The van der Waals surface area contributed by atoms with Crippen molar-refractivity contribution in [2.24, 2.45) is 7.05 Å². The van der Waals surface area contributed by atoms with Crippen molar-refractivity contribution in [3.8, 4) is 0 Å². The van der Waals surface area contributed by atoms with Crippen molar-refractivity contribution in [1.82, 2.24) is 20.0 Å². The second kappa shape index (κ2) is 9.64. The monoisotopic (exact) mass is 394 g/mol. The van der Waals surface area contributed by atoms with Gasteiger partial charge in [-0.05, 0) is 30.6 Å². The highest BCUT2D eigenvalue weighted by molar-refractivity contribution is 7.98. The van der Waals surface area contributed by atoms with Crippen molar-refractivity contribution in [2.45, 2.75) is 19.0 Å². The van der Waals surface area contributed by atoms with Crippen molar-refractivity contribution in [3.63, 3.8) is 0 Å². The van der Waals surface area contributed by atoms with E-state index in [1.165, 1.54) is 0 Å². The molecular weight excluding hydrogens is 372 g/mol. The summed E-state index contributed by atoms with van der Waals surface area (Å²) in [7, 11) is 3.56. The van der Waals surface area contributed by atoms with Crippen LogP contribution in [0.1, 0.15) is 22.3 Å². The number of hydrogen-bond acceptors (Lipinski definition) is 4. The molecule has 0 bridgehead atoms. The lowest BCUT2D eigenvalue weighted by molar-refractivity contribution is -0.132. The highest BCUT2D eigenvalue weighted by Crippen LogP contribution is 2.16. The number of nitrogens with one attached hydrogen (secondary N) is 1. The molecule has 0 radical (unpaired) electrons.